The lowest BCUT2D eigenvalue weighted by atomic mass is 10.0. The van der Waals surface area contributed by atoms with Gasteiger partial charge in [-0.2, -0.15) is 0 Å². The van der Waals surface area contributed by atoms with Crippen molar-refractivity contribution in [1.82, 2.24) is 10.2 Å². The van der Waals surface area contributed by atoms with E-state index in [4.69, 9.17) is 9.47 Å². The zero-order chi connectivity index (χ0) is 18.4. The van der Waals surface area contributed by atoms with Crippen molar-refractivity contribution in [2.24, 2.45) is 0 Å². The highest BCUT2D eigenvalue weighted by Gasteiger charge is 2.34. The summed E-state index contributed by atoms with van der Waals surface area (Å²) in [4.78, 5) is 14.6. The molecule has 2 aliphatic heterocycles. The van der Waals surface area contributed by atoms with Crippen LogP contribution in [-0.2, 0) is 20.7 Å². The number of benzene rings is 1. The van der Waals surface area contributed by atoms with E-state index in [9.17, 15) is 4.79 Å². The second-order valence-corrected chi connectivity index (χ2v) is 7.64. The molecule has 26 heavy (non-hydrogen) atoms. The molecule has 0 aliphatic carbocycles. The number of hydrogen-bond donors (Lipinski definition) is 1. The van der Waals surface area contributed by atoms with Gasteiger partial charge in [0.05, 0.1) is 25.8 Å². The molecule has 1 unspecified atom stereocenters. The molecule has 0 radical (unpaired) electrons. The van der Waals surface area contributed by atoms with E-state index in [1.165, 1.54) is 17.5 Å². The van der Waals surface area contributed by atoms with Gasteiger partial charge < -0.3 is 14.8 Å². The molecule has 1 aromatic carbocycles. The Bertz CT molecular complexity index is 567. The van der Waals surface area contributed by atoms with Crippen LogP contribution in [0.2, 0.25) is 0 Å². The van der Waals surface area contributed by atoms with Gasteiger partial charge >= 0.3 is 0 Å². The molecular formula is C21H32N2O3. The Morgan fingerprint density at radius 3 is 2.62 bits per heavy atom. The number of likely N-dealkylation sites (tertiary alicyclic amines) is 1. The maximum atomic E-state index is 12.4. The lowest BCUT2D eigenvalue weighted by Crippen LogP contribution is -2.51. The first-order chi connectivity index (χ1) is 12.6. The standard InChI is InChI=1S/C21H32N2O3/c1-16(2)18-8-6-17(7-9-18)10-11-22-20(24)15-23-12-4-3-5-19(23)21-25-13-14-26-21/h6-9,16,19,21H,3-5,10-15H2,1-2H3,(H,22,24). The number of ether oxygens (including phenoxy) is 2. The Morgan fingerprint density at radius 1 is 1.19 bits per heavy atom. The average Bonchev–Trinajstić information content (AvgIpc) is 3.17. The third kappa shape index (κ3) is 5.29. The number of amides is 1. The van der Waals surface area contributed by atoms with Gasteiger partial charge in [0, 0.05) is 6.54 Å². The molecule has 0 saturated carbocycles. The minimum Gasteiger partial charge on any atom is -0.355 e. The summed E-state index contributed by atoms with van der Waals surface area (Å²) < 4.78 is 11.3. The first-order valence-electron chi connectivity index (χ1n) is 9.96. The molecule has 1 aromatic rings. The van der Waals surface area contributed by atoms with Crippen molar-refractivity contribution < 1.29 is 14.3 Å². The maximum Gasteiger partial charge on any atom is 0.234 e. The van der Waals surface area contributed by atoms with Crippen LogP contribution in [0.15, 0.2) is 24.3 Å². The van der Waals surface area contributed by atoms with Crippen LogP contribution in [0.4, 0.5) is 0 Å². The van der Waals surface area contributed by atoms with Crippen molar-refractivity contribution in [2.45, 2.75) is 57.8 Å². The van der Waals surface area contributed by atoms with E-state index in [1.54, 1.807) is 0 Å². The first kappa shape index (κ1) is 19.3. The SMILES string of the molecule is CC(C)c1ccc(CCNC(=O)CN2CCCCC2C2OCCO2)cc1. The number of nitrogens with one attached hydrogen (secondary N) is 1. The van der Waals surface area contributed by atoms with E-state index in [-0.39, 0.29) is 18.2 Å². The van der Waals surface area contributed by atoms with E-state index < -0.39 is 0 Å². The van der Waals surface area contributed by atoms with E-state index in [0.717, 1.165) is 25.8 Å². The number of hydrogen-bond acceptors (Lipinski definition) is 4. The fourth-order valence-electron chi connectivity index (χ4n) is 3.78. The number of rotatable bonds is 7. The minimum absolute atomic E-state index is 0.0914. The molecular weight excluding hydrogens is 328 g/mol. The number of nitrogens with zero attached hydrogens (tertiary/aromatic N) is 1. The third-order valence-corrected chi connectivity index (χ3v) is 5.35. The summed E-state index contributed by atoms with van der Waals surface area (Å²) in [6.45, 7) is 7.77. The largest absolute Gasteiger partial charge is 0.355 e. The van der Waals surface area contributed by atoms with E-state index >= 15 is 0 Å². The summed E-state index contributed by atoms with van der Waals surface area (Å²) in [5.41, 5.74) is 2.61. The lowest BCUT2D eigenvalue weighted by molar-refractivity contribution is -0.131. The molecule has 5 heteroatoms. The van der Waals surface area contributed by atoms with Gasteiger partial charge in [-0.3, -0.25) is 9.69 Å². The van der Waals surface area contributed by atoms with Gasteiger partial charge in [-0.05, 0) is 42.9 Å². The Morgan fingerprint density at radius 2 is 1.92 bits per heavy atom. The first-order valence-corrected chi connectivity index (χ1v) is 9.96. The van der Waals surface area contributed by atoms with E-state index in [0.29, 0.717) is 32.2 Å². The maximum absolute atomic E-state index is 12.4. The van der Waals surface area contributed by atoms with Crippen molar-refractivity contribution in [3.05, 3.63) is 35.4 Å². The average molecular weight is 360 g/mol. The van der Waals surface area contributed by atoms with Crippen LogP contribution in [0, 0.1) is 0 Å². The van der Waals surface area contributed by atoms with Gasteiger partial charge in [0.15, 0.2) is 6.29 Å². The van der Waals surface area contributed by atoms with E-state index in [1.807, 2.05) is 0 Å². The molecule has 2 heterocycles. The number of carbonyl (C=O) groups excluding carboxylic acids is 1. The summed E-state index contributed by atoms with van der Waals surface area (Å²) in [5, 5.41) is 3.06. The molecule has 0 bridgehead atoms. The quantitative estimate of drug-likeness (QED) is 0.812. The Labute approximate surface area is 157 Å². The summed E-state index contributed by atoms with van der Waals surface area (Å²) in [6, 6.07) is 8.90. The smallest absolute Gasteiger partial charge is 0.234 e. The molecule has 3 rings (SSSR count). The monoisotopic (exact) mass is 360 g/mol. The van der Waals surface area contributed by atoms with Crippen molar-refractivity contribution in [3.8, 4) is 0 Å². The van der Waals surface area contributed by atoms with Gasteiger partial charge in [-0.25, -0.2) is 0 Å². The van der Waals surface area contributed by atoms with Crippen LogP contribution in [0.3, 0.4) is 0 Å². The molecule has 1 amide bonds. The fraction of sp³-hybridized carbons (Fsp3) is 0.667. The lowest BCUT2D eigenvalue weighted by Gasteiger charge is -2.37. The van der Waals surface area contributed by atoms with E-state index in [2.05, 4.69) is 48.3 Å². The zero-order valence-corrected chi connectivity index (χ0v) is 16.1. The van der Waals surface area contributed by atoms with Crippen LogP contribution >= 0.6 is 0 Å². The van der Waals surface area contributed by atoms with Crippen LogP contribution in [0.25, 0.3) is 0 Å². The van der Waals surface area contributed by atoms with Crippen molar-refractivity contribution in [1.29, 1.82) is 0 Å². The summed E-state index contributed by atoms with van der Waals surface area (Å²) >= 11 is 0. The minimum atomic E-state index is -0.164. The molecule has 2 saturated heterocycles. The van der Waals surface area contributed by atoms with Crippen molar-refractivity contribution in [2.75, 3.05) is 32.8 Å². The molecule has 144 valence electrons. The highest BCUT2D eigenvalue weighted by atomic mass is 16.7. The molecule has 1 atom stereocenters. The molecule has 2 fully saturated rings. The Kier molecular flexibility index (Phi) is 7.06. The Hall–Kier alpha value is -1.43. The molecule has 5 nitrogen and oxygen atoms in total. The number of piperidine rings is 1. The van der Waals surface area contributed by atoms with Gasteiger partial charge in [0.25, 0.3) is 0 Å². The predicted molar refractivity (Wildman–Crippen MR) is 102 cm³/mol. The number of carbonyl (C=O) groups is 1. The zero-order valence-electron chi connectivity index (χ0n) is 16.1. The highest BCUT2D eigenvalue weighted by molar-refractivity contribution is 5.78. The normalized spacial score (nSPS) is 22.0. The van der Waals surface area contributed by atoms with Crippen molar-refractivity contribution >= 4 is 5.91 Å². The molecule has 0 aromatic heterocycles. The van der Waals surface area contributed by atoms with Crippen LogP contribution in [-0.4, -0.2) is 56.0 Å². The predicted octanol–water partition coefficient (Wildman–Crippen LogP) is 2.70. The van der Waals surface area contributed by atoms with Crippen molar-refractivity contribution in [3.63, 3.8) is 0 Å². The van der Waals surface area contributed by atoms with Crippen LogP contribution in [0.1, 0.15) is 50.2 Å². The summed E-state index contributed by atoms with van der Waals surface area (Å²) in [5.74, 6) is 0.641. The molecule has 1 N–H and O–H groups in total. The Balaban J connectivity index is 1.42. The van der Waals surface area contributed by atoms with Gasteiger partial charge in [0.1, 0.15) is 0 Å². The molecule has 2 aliphatic rings. The van der Waals surface area contributed by atoms with Crippen LogP contribution in [0.5, 0.6) is 0 Å². The molecule has 0 spiro atoms. The third-order valence-electron chi connectivity index (χ3n) is 5.35. The second-order valence-electron chi connectivity index (χ2n) is 7.64. The topological polar surface area (TPSA) is 50.8 Å². The summed E-state index contributed by atoms with van der Waals surface area (Å²) in [6.07, 6.45) is 4.06. The van der Waals surface area contributed by atoms with Crippen LogP contribution < -0.4 is 5.32 Å². The van der Waals surface area contributed by atoms with Gasteiger partial charge in [-0.1, -0.05) is 44.5 Å². The second kappa shape index (κ2) is 9.49. The fourth-order valence-corrected chi connectivity index (χ4v) is 3.78. The highest BCUT2D eigenvalue weighted by Crippen LogP contribution is 2.24. The van der Waals surface area contributed by atoms with Gasteiger partial charge in [-0.15, -0.1) is 0 Å². The van der Waals surface area contributed by atoms with Gasteiger partial charge in [0.2, 0.25) is 5.91 Å². The summed E-state index contributed by atoms with van der Waals surface area (Å²) in [7, 11) is 0.